The second-order valence-corrected chi connectivity index (χ2v) is 3.41. The Balaban J connectivity index is 2.55. The number of aryl methyl sites for hydroxylation is 1. The molecule has 0 aliphatic carbocycles. The Hall–Kier alpha value is -1.28. The molecule has 0 fully saturated rings. The van der Waals surface area contributed by atoms with Crippen LogP contribution in [0.1, 0.15) is 5.56 Å². The third kappa shape index (κ3) is 1.53. The molecule has 2 rings (SSSR count). The predicted octanol–water partition coefficient (Wildman–Crippen LogP) is 2.83. The van der Waals surface area contributed by atoms with Gasteiger partial charge in [-0.3, -0.25) is 4.68 Å². The maximum atomic E-state index is 5.84. The summed E-state index contributed by atoms with van der Waals surface area (Å²) in [5.74, 6) is 0.498. The second-order valence-electron chi connectivity index (χ2n) is 3.14. The molecule has 0 radical (unpaired) electrons. The molecule has 14 heavy (non-hydrogen) atoms. The Bertz CT molecular complexity index is 420. The summed E-state index contributed by atoms with van der Waals surface area (Å²) in [5.41, 5.74) is 3.32. The molecule has 0 saturated carbocycles. The Kier molecular flexibility index (Phi) is 2.55. The van der Waals surface area contributed by atoms with Crippen LogP contribution in [0.25, 0.3) is 11.3 Å². The topological polar surface area (TPSA) is 17.8 Å². The van der Waals surface area contributed by atoms with Crippen molar-refractivity contribution in [2.45, 2.75) is 5.88 Å². The van der Waals surface area contributed by atoms with E-state index in [-0.39, 0.29) is 0 Å². The van der Waals surface area contributed by atoms with Gasteiger partial charge < -0.3 is 0 Å². The lowest BCUT2D eigenvalue weighted by Crippen LogP contribution is -1.94. The van der Waals surface area contributed by atoms with Crippen molar-refractivity contribution < 1.29 is 0 Å². The number of benzene rings is 1. The maximum absolute atomic E-state index is 5.84. The lowest BCUT2D eigenvalue weighted by molar-refractivity contribution is 0.775. The van der Waals surface area contributed by atoms with Crippen molar-refractivity contribution in [1.82, 2.24) is 9.78 Å². The van der Waals surface area contributed by atoms with E-state index in [1.807, 2.05) is 36.1 Å². The Morgan fingerprint density at radius 1 is 1.29 bits per heavy atom. The van der Waals surface area contributed by atoms with Gasteiger partial charge in [0.05, 0.1) is 17.8 Å². The Morgan fingerprint density at radius 3 is 2.64 bits per heavy atom. The first-order valence-electron chi connectivity index (χ1n) is 4.45. The Morgan fingerprint density at radius 2 is 2.00 bits per heavy atom. The van der Waals surface area contributed by atoms with E-state index in [9.17, 15) is 0 Å². The van der Waals surface area contributed by atoms with Gasteiger partial charge in [-0.05, 0) is 0 Å². The standard InChI is InChI=1S/C11H11ClN2/c1-14-11(10(7-12)8-13-14)9-5-3-2-4-6-9/h2-6,8H,7H2,1H3. The SMILES string of the molecule is Cn1ncc(CCl)c1-c1ccccc1. The van der Waals surface area contributed by atoms with Crippen LogP contribution in [0.2, 0.25) is 0 Å². The summed E-state index contributed by atoms with van der Waals surface area (Å²) >= 11 is 5.84. The number of nitrogens with zero attached hydrogens (tertiary/aromatic N) is 2. The number of alkyl halides is 1. The van der Waals surface area contributed by atoms with Crippen molar-refractivity contribution in [3.05, 3.63) is 42.1 Å². The molecule has 0 bridgehead atoms. The fraction of sp³-hybridized carbons (Fsp3) is 0.182. The summed E-state index contributed by atoms with van der Waals surface area (Å²) in [6, 6.07) is 10.2. The molecule has 0 spiro atoms. The van der Waals surface area contributed by atoms with Crippen LogP contribution in [-0.4, -0.2) is 9.78 Å². The van der Waals surface area contributed by atoms with E-state index in [1.165, 1.54) is 0 Å². The molecule has 2 aromatic rings. The first kappa shape index (κ1) is 9.28. The minimum Gasteiger partial charge on any atom is -0.268 e. The van der Waals surface area contributed by atoms with E-state index < -0.39 is 0 Å². The summed E-state index contributed by atoms with van der Waals surface area (Å²) < 4.78 is 1.85. The van der Waals surface area contributed by atoms with Crippen molar-refractivity contribution in [3.63, 3.8) is 0 Å². The summed E-state index contributed by atoms with van der Waals surface area (Å²) in [6.45, 7) is 0. The molecule has 72 valence electrons. The van der Waals surface area contributed by atoms with E-state index in [0.717, 1.165) is 16.8 Å². The second kappa shape index (κ2) is 3.84. The highest BCUT2D eigenvalue weighted by molar-refractivity contribution is 6.17. The monoisotopic (exact) mass is 206 g/mol. The van der Waals surface area contributed by atoms with Gasteiger partial charge in [-0.2, -0.15) is 5.10 Å². The molecule has 0 saturated heterocycles. The first-order valence-corrected chi connectivity index (χ1v) is 4.98. The lowest BCUT2D eigenvalue weighted by Gasteiger charge is -2.03. The molecular weight excluding hydrogens is 196 g/mol. The molecule has 1 aromatic carbocycles. The van der Waals surface area contributed by atoms with Crippen molar-refractivity contribution in [2.24, 2.45) is 7.05 Å². The fourth-order valence-corrected chi connectivity index (χ4v) is 1.74. The minimum atomic E-state index is 0.498. The van der Waals surface area contributed by atoms with Gasteiger partial charge in [-0.15, -0.1) is 11.6 Å². The third-order valence-electron chi connectivity index (χ3n) is 2.21. The zero-order chi connectivity index (χ0) is 9.97. The van der Waals surface area contributed by atoms with Gasteiger partial charge >= 0.3 is 0 Å². The zero-order valence-electron chi connectivity index (χ0n) is 7.94. The molecule has 0 N–H and O–H groups in total. The number of hydrogen-bond acceptors (Lipinski definition) is 1. The Labute approximate surface area is 88.1 Å². The van der Waals surface area contributed by atoms with Crippen LogP contribution in [-0.2, 0) is 12.9 Å². The summed E-state index contributed by atoms with van der Waals surface area (Å²) in [4.78, 5) is 0. The highest BCUT2D eigenvalue weighted by atomic mass is 35.5. The number of aromatic nitrogens is 2. The van der Waals surface area contributed by atoms with E-state index in [0.29, 0.717) is 5.88 Å². The van der Waals surface area contributed by atoms with E-state index >= 15 is 0 Å². The van der Waals surface area contributed by atoms with Crippen molar-refractivity contribution in [2.75, 3.05) is 0 Å². The van der Waals surface area contributed by atoms with Gasteiger partial charge in [0.25, 0.3) is 0 Å². The van der Waals surface area contributed by atoms with Crippen molar-refractivity contribution in [3.8, 4) is 11.3 Å². The van der Waals surface area contributed by atoms with Gasteiger partial charge in [0.1, 0.15) is 0 Å². The molecule has 2 nitrogen and oxygen atoms in total. The van der Waals surface area contributed by atoms with Gasteiger partial charge in [-0.1, -0.05) is 30.3 Å². The first-order chi connectivity index (χ1) is 6.83. The van der Waals surface area contributed by atoms with Gasteiger partial charge in [0.2, 0.25) is 0 Å². The highest BCUT2D eigenvalue weighted by Gasteiger charge is 2.08. The van der Waals surface area contributed by atoms with Crippen LogP contribution in [0.15, 0.2) is 36.5 Å². The molecule has 0 aliphatic heterocycles. The largest absolute Gasteiger partial charge is 0.268 e. The maximum Gasteiger partial charge on any atom is 0.0723 e. The van der Waals surface area contributed by atoms with Crippen LogP contribution < -0.4 is 0 Å². The predicted molar refractivity (Wildman–Crippen MR) is 58.2 cm³/mol. The molecule has 1 heterocycles. The highest BCUT2D eigenvalue weighted by Crippen LogP contribution is 2.23. The van der Waals surface area contributed by atoms with Crippen LogP contribution in [0.4, 0.5) is 0 Å². The van der Waals surface area contributed by atoms with Crippen molar-refractivity contribution >= 4 is 11.6 Å². The van der Waals surface area contributed by atoms with Gasteiger partial charge in [-0.25, -0.2) is 0 Å². The molecule has 1 aromatic heterocycles. The number of hydrogen-bond donors (Lipinski definition) is 0. The number of rotatable bonds is 2. The van der Waals surface area contributed by atoms with E-state index in [2.05, 4.69) is 17.2 Å². The van der Waals surface area contributed by atoms with E-state index in [4.69, 9.17) is 11.6 Å². The van der Waals surface area contributed by atoms with E-state index in [1.54, 1.807) is 0 Å². The third-order valence-corrected chi connectivity index (χ3v) is 2.49. The average molecular weight is 207 g/mol. The zero-order valence-corrected chi connectivity index (χ0v) is 8.70. The molecular formula is C11H11ClN2. The molecule has 3 heteroatoms. The molecule has 0 amide bonds. The molecule has 0 atom stereocenters. The minimum absolute atomic E-state index is 0.498. The molecule has 0 unspecified atom stereocenters. The average Bonchev–Trinajstić information content (AvgIpc) is 2.61. The molecule has 0 aliphatic rings. The fourth-order valence-electron chi connectivity index (χ4n) is 1.55. The summed E-state index contributed by atoms with van der Waals surface area (Å²) in [5, 5.41) is 4.20. The van der Waals surface area contributed by atoms with Gasteiger partial charge in [0.15, 0.2) is 0 Å². The van der Waals surface area contributed by atoms with Crippen LogP contribution in [0.3, 0.4) is 0 Å². The van der Waals surface area contributed by atoms with Crippen LogP contribution >= 0.6 is 11.6 Å². The smallest absolute Gasteiger partial charge is 0.0723 e. The van der Waals surface area contributed by atoms with Gasteiger partial charge in [0, 0.05) is 18.2 Å². The quantitative estimate of drug-likeness (QED) is 0.691. The number of halogens is 1. The summed E-state index contributed by atoms with van der Waals surface area (Å²) in [6.07, 6.45) is 1.81. The van der Waals surface area contributed by atoms with Crippen LogP contribution in [0, 0.1) is 0 Å². The van der Waals surface area contributed by atoms with Crippen molar-refractivity contribution in [1.29, 1.82) is 0 Å². The van der Waals surface area contributed by atoms with Crippen LogP contribution in [0.5, 0.6) is 0 Å². The summed E-state index contributed by atoms with van der Waals surface area (Å²) in [7, 11) is 1.93. The normalized spacial score (nSPS) is 10.4. The lowest BCUT2D eigenvalue weighted by atomic mass is 10.1.